The van der Waals surface area contributed by atoms with Crippen molar-refractivity contribution < 1.29 is 5.11 Å². The molecule has 0 spiro atoms. The van der Waals surface area contributed by atoms with E-state index in [2.05, 4.69) is 40.3 Å². The first-order chi connectivity index (χ1) is 10.1. The summed E-state index contributed by atoms with van der Waals surface area (Å²) in [5.41, 5.74) is 2.56. The van der Waals surface area contributed by atoms with Crippen LogP contribution < -0.4 is 5.32 Å². The zero-order valence-corrected chi connectivity index (χ0v) is 13.3. The van der Waals surface area contributed by atoms with Gasteiger partial charge in [-0.1, -0.05) is 46.3 Å². The maximum atomic E-state index is 10.2. The number of aliphatic hydroxyl groups excluding tert-OH is 1. The molecule has 0 fully saturated rings. The van der Waals surface area contributed by atoms with Gasteiger partial charge in [0.05, 0.1) is 17.7 Å². The summed E-state index contributed by atoms with van der Waals surface area (Å²) in [6.07, 6.45) is -0.595. The smallest absolute Gasteiger partial charge is 0.0991 e. The van der Waals surface area contributed by atoms with Crippen molar-refractivity contribution in [2.75, 3.05) is 6.54 Å². The first-order valence-electron chi connectivity index (χ1n) is 6.77. The molecule has 2 rings (SSSR count). The van der Waals surface area contributed by atoms with Gasteiger partial charge in [-0.2, -0.15) is 5.26 Å². The Balaban J connectivity index is 1.96. The fourth-order valence-electron chi connectivity index (χ4n) is 2.12. The lowest BCUT2D eigenvalue weighted by Gasteiger charge is -2.19. The molecule has 0 aliphatic rings. The Hall–Kier alpha value is -1.67. The molecule has 2 atom stereocenters. The number of aliphatic hydroxyl groups is 1. The number of nitrogens with one attached hydrogen (secondary N) is 1. The second kappa shape index (κ2) is 7.37. The van der Waals surface area contributed by atoms with Gasteiger partial charge in [0.25, 0.3) is 0 Å². The van der Waals surface area contributed by atoms with Crippen molar-refractivity contribution in [1.29, 1.82) is 5.26 Å². The molecule has 0 saturated heterocycles. The molecule has 0 aliphatic heterocycles. The van der Waals surface area contributed by atoms with Crippen molar-refractivity contribution >= 4 is 15.9 Å². The predicted molar refractivity (Wildman–Crippen MR) is 86.7 cm³/mol. The Labute approximate surface area is 133 Å². The van der Waals surface area contributed by atoms with E-state index in [1.54, 1.807) is 24.3 Å². The Morgan fingerprint density at radius 1 is 1.19 bits per heavy atom. The summed E-state index contributed by atoms with van der Waals surface area (Å²) in [7, 11) is 0. The predicted octanol–water partition coefficient (Wildman–Crippen LogP) is 3.70. The van der Waals surface area contributed by atoms with Crippen LogP contribution >= 0.6 is 15.9 Å². The van der Waals surface area contributed by atoms with Crippen molar-refractivity contribution in [1.82, 2.24) is 5.32 Å². The average Bonchev–Trinajstić information content (AvgIpc) is 2.52. The number of benzene rings is 2. The molecule has 0 heterocycles. The van der Waals surface area contributed by atoms with Gasteiger partial charge in [-0.3, -0.25) is 0 Å². The normalized spacial score (nSPS) is 13.4. The van der Waals surface area contributed by atoms with Gasteiger partial charge in [0.1, 0.15) is 0 Å². The Morgan fingerprint density at radius 2 is 1.86 bits per heavy atom. The maximum Gasteiger partial charge on any atom is 0.0991 e. The summed E-state index contributed by atoms with van der Waals surface area (Å²) < 4.78 is 1.05. The van der Waals surface area contributed by atoms with Crippen molar-refractivity contribution in [2.24, 2.45) is 0 Å². The van der Waals surface area contributed by atoms with E-state index >= 15 is 0 Å². The molecule has 0 amide bonds. The SMILES string of the molecule is C[C@H](NCC(O)c1ccc(C#N)cc1)c1ccccc1Br. The van der Waals surface area contributed by atoms with E-state index in [9.17, 15) is 5.11 Å². The van der Waals surface area contributed by atoms with Gasteiger partial charge in [0.15, 0.2) is 0 Å². The van der Waals surface area contributed by atoms with E-state index in [1.165, 1.54) is 0 Å². The lowest BCUT2D eigenvalue weighted by atomic mass is 10.1. The Bertz CT molecular complexity index is 634. The van der Waals surface area contributed by atoms with E-state index in [0.29, 0.717) is 12.1 Å². The molecule has 21 heavy (non-hydrogen) atoms. The number of hydrogen-bond acceptors (Lipinski definition) is 3. The lowest BCUT2D eigenvalue weighted by Crippen LogP contribution is -2.24. The third kappa shape index (κ3) is 4.15. The number of hydrogen-bond donors (Lipinski definition) is 2. The molecule has 0 aliphatic carbocycles. The van der Waals surface area contributed by atoms with Crippen molar-refractivity contribution in [2.45, 2.75) is 19.1 Å². The summed E-state index contributed by atoms with van der Waals surface area (Å²) in [5, 5.41) is 22.3. The van der Waals surface area contributed by atoms with Crippen molar-refractivity contribution in [3.05, 3.63) is 69.7 Å². The minimum atomic E-state index is -0.595. The largest absolute Gasteiger partial charge is 0.387 e. The summed E-state index contributed by atoms with van der Waals surface area (Å²) >= 11 is 3.53. The highest BCUT2D eigenvalue weighted by Crippen LogP contribution is 2.23. The summed E-state index contributed by atoms with van der Waals surface area (Å²) in [6, 6.07) is 17.2. The van der Waals surface area contributed by atoms with Gasteiger partial charge in [-0.05, 0) is 36.2 Å². The van der Waals surface area contributed by atoms with Crippen LogP contribution in [0.4, 0.5) is 0 Å². The zero-order chi connectivity index (χ0) is 15.2. The topological polar surface area (TPSA) is 56.0 Å². The van der Waals surface area contributed by atoms with E-state index in [0.717, 1.165) is 15.6 Å². The minimum Gasteiger partial charge on any atom is -0.387 e. The third-order valence-corrected chi connectivity index (χ3v) is 4.14. The minimum absolute atomic E-state index is 0.133. The van der Waals surface area contributed by atoms with Gasteiger partial charge in [-0.15, -0.1) is 0 Å². The summed E-state index contributed by atoms with van der Waals surface area (Å²) in [4.78, 5) is 0. The first kappa shape index (κ1) is 15.7. The highest BCUT2D eigenvalue weighted by atomic mass is 79.9. The van der Waals surface area contributed by atoms with Gasteiger partial charge < -0.3 is 10.4 Å². The van der Waals surface area contributed by atoms with Crippen LogP contribution in [0.5, 0.6) is 0 Å². The lowest BCUT2D eigenvalue weighted by molar-refractivity contribution is 0.171. The molecular formula is C17H17BrN2O. The molecule has 0 bridgehead atoms. The highest BCUT2D eigenvalue weighted by Gasteiger charge is 2.12. The third-order valence-electron chi connectivity index (χ3n) is 3.41. The number of rotatable bonds is 5. The van der Waals surface area contributed by atoms with Crippen molar-refractivity contribution in [3.63, 3.8) is 0 Å². The molecule has 4 heteroatoms. The number of nitriles is 1. The fraction of sp³-hybridized carbons (Fsp3) is 0.235. The number of nitrogens with zero attached hydrogens (tertiary/aromatic N) is 1. The average molecular weight is 345 g/mol. The Kier molecular flexibility index (Phi) is 5.51. The molecular weight excluding hydrogens is 328 g/mol. The summed E-state index contributed by atoms with van der Waals surface area (Å²) in [5.74, 6) is 0. The summed E-state index contributed by atoms with van der Waals surface area (Å²) in [6.45, 7) is 2.51. The molecule has 0 saturated carbocycles. The second-order valence-electron chi connectivity index (χ2n) is 4.90. The molecule has 108 valence electrons. The monoisotopic (exact) mass is 344 g/mol. The zero-order valence-electron chi connectivity index (χ0n) is 11.8. The van der Waals surface area contributed by atoms with Gasteiger partial charge in [0, 0.05) is 17.1 Å². The van der Waals surface area contributed by atoms with Crippen LogP contribution in [-0.2, 0) is 0 Å². The van der Waals surface area contributed by atoms with Crippen LogP contribution in [0.1, 0.15) is 35.8 Å². The van der Waals surface area contributed by atoms with Crippen LogP contribution in [0.15, 0.2) is 53.0 Å². The molecule has 0 radical (unpaired) electrons. The van der Waals surface area contributed by atoms with Crippen LogP contribution in [0, 0.1) is 11.3 Å². The Morgan fingerprint density at radius 3 is 2.48 bits per heavy atom. The highest BCUT2D eigenvalue weighted by molar-refractivity contribution is 9.10. The standard InChI is InChI=1S/C17H17BrN2O/c1-12(15-4-2-3-5-16(15)18)20-11-17(21)14-8-6-13(10-19)7-9-14/h2-9,12,17,20-21H,11H2,1H3/t12-,17?/m0/s1. The van der Waals surface area contributed by atoms with E-state index in [4.69, 9.17) is 5.26 Å². The van der Waals surface area contributed by atoms with Crippen LogP contribution in [0.2, 0.25) is 0 Å². The molecule has 1 unspecified atom stereocenters. The quantitative estimate of drug-likeness (QED) is 0.869. The molecule has 3 nitrogen and oxygen atoms in total. The van der Waals surface area contributed by atoms with E-state index < -0.39 is 6.10 Å². The molecule has 2 N–H and O–H groups in total. The first-order valence-corrected chi connectivity index (χ1v) is 7.57. The maximum absolute atomic E-state index is 10.2. The molecule has 2 aromatic rings. The van der Waals surface area contributed by atoms with Crippen LogP contribution in [-0.4, -0.2) is 11.7 Å². The molecule has 0 aromatic heterocycles. The fourth-order valence-corrected chi connectivity index (χ4v) is 2.75. The van der Waals surface area contributed by atoms with Crippen molar-refractivity contribution in [3.8, 4) is 6.07 Å². The second-order valence-corrected chi connectivity index (χ2v) is 5.76. The van der Waals surface area contributed by atoms with Gasteiger partial charge in [0.2, 0.25) is 0 Å². The van der Waals surface area contributed by atoms with Crippen LogP contribution in [0.25, 0.3) is 0 Å². The van der Waals surface area contributed by atoms with Crippen LogP contribution in [0.3, 0.4) is 0 Å². The number of halogens is 1. The van der Waals surface area contributed by atoms with Gasteiger partial charge >= 0.3 is 0 Å². The van der Waals surface area contributed by atoms with E-state index in [1.807, 2.05) is 18.2 Å². The van der Waals surface area contributed by atoms with E-state index in [-0.39, 0.29) is 6.04 Å². The molecule has 2 aromatic carbocycles. The van der Waals surface area contributed by atoms with Gasteiger partial charge in [-0.25, -0.2) is 0 Å².